The lowest BCUT2D eigenvalue weighted by molar-refractivity contribution is -0.116. The molecule has 2 aliphatic heterocycles. The molecule has 0 aromatic heterocycles. The topological polar surface area (TPSA) is 75.5 Å². The number of ether oxygens (including phenoxy) is 2. The predicted octanol–water partition coefficient (Wildman–Crippen LogP) is 6.65. The number of hydrazone groups is 1. The van der Waals surface area contributed by atoms with Gasteiger partial charge in [0, 0.05) is 21.0 Å². The number of hydrogen-bond donors (Lipinski definition) is 1. The second kappa shape index (κ2) is 13.9. The average Bonchev–Trinajstić information content (AvgIpc) is 2.99. The van der Waals surface area contributed by atoms with Crippen LogP contribution in [0.4, 0.5) is 0 Å². The van der Waals surface area contributed by atoms with Crippen molar-refractivity contribution in [2.45, 2.75) is 51.8 Å². The van der Waals surface area contributed by atoms with E-state index in [1.54, 1.807) is 23.9 Å². The van der Waals surface area contributed by atoms with Crippen LogP contribution in [-0.4, -0.2) is 28.9 Å². The van der Waals surface area contributed by atoms with Crippen molar-refractivity contribution in [3.8, 4) is 11.5 Å². The van der Waals surface area contributed by atoms with Crippen LogP contribution >= 0.6 is 43.6 Å². The van der Waals surface area contributed by atoms with E-state index in [9.17, 15) is 4.79 Å². The van der Waals surface area contributed by atoms with Gasteiger partial charge in [-0.05, 0) is 56.0 Å². The van der Waals surface area contributed by atoms with Crippen molar-refractivity contribution in [3.63, 3.8) is 0 Å². The fraction of sp³-hybridized carbons (Fsp3) is 0.323. The molecule has 41 heavy (non-hydrogen) atoms. The Labute approximate surface area is 261 Å². The zero-order chi connectivity index (χ0) is 28.8. The van der Waals surface area contributed by atoms with Gasteiger partial charge in [0.15, 0.2) is 22.8 Å². The SMILES string of the molecule is CCCCCCCSC1=NN2C(=c3ccccc3=NC2c2cc(OC)c(OCc3ccccc3)c(Br)c2Br)C(=O)N1. The fourth-order valence-electron chi connectivity index (χ4n) is 4.78. The summed E-state index contributed by atoms with van der Waals surface area (Å²) in [6.45, 7) is 2.60. The molecule has 0 saturated carbocycles. The van der Waals surface area contributed by atoms with E-state index in [1.807, 2.05) is 60.7 Å². The third-order valence-electron chi connectivity index (χ3n) is 6.88. The number of methoxy groups -OCH3 is 1. The molecule has 1 amide bonds. The number of amides is 1. The molecule has 10 heteroatoms. The molecule has 7 nitrogen and oxygen atoms in total. The molecule has 0 bridgehead atoms. The highest BCUT2D eigenvalue weighted by Gasteiger charge is 2.36. The van der Waals surface area contributed by atoms with Gasteiger partial charge < -0.3 is 9.47 Å². The molecule has 0 radical (unpaired) electrons. The maximum atomic E-state index is 13.5. The second-order valence-corrected chi connectivity index (χ2v) is 12.4. The molecule has 1 atom stereocenters. The van der Waals surface area contributed by atoms with E-state index in [-0.39, 0.29) is 5.91 Å². The van der Waals surface area contributed by atoms with Crippen molar-refractivity contribution >= 4 is 60.4 Å². The van der Waals surface area contributed by atoms with Crippen molar-refractivity contribution in [2.24, 2.45) is 10.1 Å². The maximum Gasteiger partial charge on any atom is 0.276 e. The van der Waals surface area contributed by atoms with Gasteiger partial charge in [0.05, 0.1) is 16.9 Å². The highest BCUT2D eigenvalue weighted by molar-refractivity contribution is 9.13. The first kappa shape index (κ1) is 29.7. The fourth-order valence-corrected chi connectivity index (χ4v) is 6.67. The minimum atomic E-state index is -0.603. The van der Waals surface area contributed by atoms with E-state index in [0.717, 1.165) is 38.3 Å². The van der Waals surface area contributed by atoms with Gasteiger partial charge in [-0.3, -0.25) is 15.1 Å². The Morgan fingerprint density at radius 2 is 1.76 bits per heavy atom. The Morgan fingerprint density at radius 1 is 1.00 bits per heavy atom. The molecule has 0 saturated heterocycles. The summed E-state index contributed by atoms with van der Waals surface area (Å²) in [6.07, 6.45) is 5.34. The smallest absolute Gasteiger partial charge is 0.276 e. The molecule has 1 unspecified atom stereocenters. The normalized spacial score (nSPS) is 15.9. The lowest BCUT2D eigenvalue weighted by Crippen LogP contribution is -2.50. The van der Waals surface area contributed by atoms with Crippen molar-refractivity contribution < 1.29 is 14.3 Å². The van der Waals surface area contributed by atoms with Gasteiger partial charge in [-0.2, -0.15) is 0 Å². The van der Waals surface area contributed by atoms with Crippen LogP contribution in [0.25, 0.3) is 5.70 Å². The zero-order valence-electron chi connectivity index (χ0n) is 23.0. The Balaban J connectivity index is 1.50. The Bertz CT molecular complexity index is 1570. The number of hydrogen-bond acceptors (Lipinski definition) is 7. The number of rotatable bonds is 11. The van der Waals surface area contributed by atoms with Gasteiger partial charge in [-0.15, -0.1) is 5.10 Å². The van der Waals surface area contributed by atoms with E-state index >= 15 is 0 Å². The molecule has 2 aliphatic rings. The summed E-state index contributed by atoms with van der Waals surface area (Å²) in [5, 5.41) is 11.7. The van der Waals surface area contributed by atoms with Crippen molar-refractivity contribution in [3.05, 3.63) is 91.3 Å². The zero-order valence-corrected chi connectivity index (χ0v) is 27.0. The standard InChI is InChI=1S/C31H32Br2N4O3S/c1-3-4-5-6-12-17-41-31-35-30(38)27-21-15-10-11-16-23(21)34-29(37(27)36-31)22-18-24(39-2)28(26(33)25(22)32)40-19-20-13-8-7-9-14-20/h7-11,13-16,18,29H,3-6,12,17,19H2,1-2H3,(H,35,36,38). The van der Waals surface area contributed by atoms with Gasteiger partial charge in [0.2, 0.25) is 0 Å². The van der Waals surface area contributed by atoms with Crippen LogP contribution < -0.4 is 25.4 Å². The van der Waals surface area contributed by atoms with Crippen molar-refractivity contribution in [1.29, 1.82) is 0 Å². The number of nitrogens with one attached hydrogen (secondary N) is 1. The van der Waals surface area contributed by atoms with Crippen LogP contribution in [0.3, 0.4) is 0 Å². The minimum absolute atomic E-state index is 0.189. The molecule has 0 aliphatic carbocycles. The Hall–Kier alpha value is -2.82. The summed E-state index contributed by atoms with van der Waals surface area (Å²) < 4.78 is 13.4. The highest BCUT2D eigenvalue weighted by Crippen LogP contribution is 2.47. The van der Waals surface area contributed by atoms with Crippen LogP contribution in [0.15, 0.2) is 79.7 Å². The summed E-state index contributed by atoms with van der Waals surface area (Å²) >= 11 is 9.08. The predicted molar refractivity (Wildman–Crippen MR) is 171 cm³/mol. The summed E-state index contributed by atoms with van der Waals surface area (Å²) in [4.78, 5) is 18.6. The van der Waals surface area contributed by atoms with Crippen LogP contribution in [0.2, 0.25) is 0 Å². The van der Waals surface area contributed by atoms with E-state index in [0.29, 0.717) is 33.4 Å². The molecule has 0 fully saturated rings. The van der Waals surface area contributed by atoms with Gasteiger partial charge in [0.25, 0.3) is 5.91 Å². The van der Waals surface area contributed by atoms with E-state index in [2.05, 4.69) is 44.1 Å². The van der Waals surface area contributed by atoms with Crippen LogP contribution in [0, 0.1) is 0 Å². The van der Waals surface area contributed by atoms with E-state index < -0.39 is 6.17 Å². The lowest BCUT2D eigenvalue weighted by atomic mass is 10.1. The molecule has 1 N–H and O–H groups in total. The van der Waals surface area contributed by atoms with Crippen molar-refractivity contribution in [1.82, 2.24) is 10.3 Å². The van der Waals surface area contributed by atoms with Gasteiger partial charge in [-0.1, -0.05) is 92.9 Å². The number of unbranched alkanes of at least 4 members (excludes halogenated alkanes) is 4. The van der Waals surface area contributed by atoms with Crippen LogP contribution in [-0.2, 0) is 11.4 Å². The number of thioether (sulfide) groups is 1. The van der Waals surface area contributed by atoms with E-state index in [4.69, 9.17) is 19.6 Å². The summed E-state index contributed by atoms with van der Waals surface area (Å²) in [7, 11) is 1.61. The van der Waals surface area contributed by atoms with Gasteiger partial charge >= 0.3 is 0 Å². The number of carbonyl (C=O) groups is 1. The Kier molecular flexibility index (Phi) is 10.1. The summed E-state index contributed by atoms with van der Waals surface area (Å²) in [5.74, 6) is 1.83. The first-order valence-electron chi connectivity index (χ1n) is 13.7. The largest absolute Gasteiger partial charge is 0.493 e. The van der Waals surface area contributed by atoms with Crippen LogP contribution in [0.1, 0.15) is 56.3 Å². The molecule has 3 aromatic rings. The quantitative estimate of drug-likeness (QED) is 0.227. The Morgan fingerprint density at radius 3 is 2.54 bits per heavy atom. The number of nitrogens with zero attached hydrogens (tertiary/aromatic N) is 3. The molecule has 214 valence electrons. The third-order valence-corrected chi connectivity index (χ3v) is 9.98. The number of fused-ring (bicyclic) bond motifs is 2. The van der Waals surface area contributed by atoms with Crippen molar-refractivity contribution in [2.75, 3.05) is 12.9 Å². The van der Waals surface area contributed by atoms with Gasteiger partial charge in [-0.25, -0.2) is 5.01 Å². The van der Waals surface area contributed by atoms with Crippen LogP contribution in [0.5, 0.6) is 11.5 Å². The first-order valence-corrected chi connectivity index (χ1v) is 16.3. The summed E-state index contributed by atoms with van der Waals surface area (Å²) in [5.41, 5.74) is 2.30. The molecular formula is C31H32Br2N4O3S. The average molecular weight is 700 g/mol. The molecular weight excluding hydrogens is 668 g/mol. The number of halogens is 2. The number of benzene rings is 3. The number of amidine groups is 1. The number of carbonyl (C=O) groups excluding carboxylic acids is 1. The molecule has 5 rings (SSSR count). The molecule has 0 spiro atoms. The lowest BCUT2D eigenvalue weighted by Gasteiger charge is -2.34. The van der Waals surface area contributed by atoms with E-state index in [1.165, 1.54) is 25.7 Å². The first-order chi connectivity index (χ1) is 20.0. The number of para-hydroxylation sites is 1. The highest BCUT2D eigenvalue weighted by atomic mass is 79.9. The minimum Gasteiger partial charge on any atom is -0.493 e. The molecule has 2 heterocycles. The summed E-state index contributed by atoms with van der Waals surface area (Å²) in [6, 6.07) is 19.5. The van der Waals surface area contributed by atoms with Gasteiger partial charge in [0.1, 0.15) is 12.3 Å². The third kappa shape index (κ3) is 6.65. The second-order valence-electron chi connectivity index (χ2n) is 9.73. The maximum absolute atomic E-state index is 13.5. The molecule has 3 aromatic carbocycles. The monoisotopic (exact) mass is 698 g/mol.